The van der Waals surface area contributed by atoms with Crippen LogP contribution < -0.4 is 0 Å². The normalized spacial score (nSPS) is 20.1. The van der Waals surface area contributed by atoms with Gasteiger partial charge in [0.25, 0.3) is 5.91 Å². The standard InChI is InChI=1S/C20H14ClF4N5O/c21-16-12(2-1-3-13(16)20(23,24)25)19(31)30-11-5-7-15(30)18-28-27-17(29(18)9-11)14-6-4-10(22)8-26-14/h1-4,6,8,11,15H,5,7,9H2/t11-,15-/m1/s1. The van der Waals surface area contributed by atoms with Crippen molar-refractivity contribution in [3.8, 4) is 11.5 Å². The Kier molecular flexibility index (Phi) is 4.51. The number of aromatic nitrogens is 4. The van der Waals surface area contributed by atoms with E-state index in [9.17, 15) is 22.4 Å². The lowest BCUT2D eigenvalue weighted by molar-refractivity contribution is -0.137. The minimum atomic E-state index is -4.66. The van der Waals surface area contributed by atoms with Gasteiger partial charge < -0.3 is 9.47 Å². The molecule has 3 aromatic rings. The summed E-state index contributed by atoms with van der Waals surface area (Å²) in [6.07, 6.45) is -2.32. The first kappa shape index (κ1) is 19.9. The third-order valence-electron chi connectivity index (χ3n) is 5.70. The Hall–Kier alpha value is -3.01. The van der Waals surface area contributed by atoms with Gasteiger partial charge in [0.2, 0.25) is 0 Å². The van der Waals surface area contributed by atoms with Crippen LogP contribution in [0.3, 0.4) is 0 Å². The van der Waals surface area contributed by atoms with Crippen molar-refractivity contribution in [3.05, 3.63) is 64.3 Å². The summed E-state index contributed by atoms with van der Waals surface area (Å²) in [5, 5.41) is 7.77. The highest BCUT2D eigenvalue weighted by molar-refractivity contribution is 6.34. The van der Waals surface area contributed by atoms with E-state index in [1.807, 2.05) is 4.57 Å². The highest BCUT2D eigenvalue weighted by atomic mass is 35.5. The van der Waals surface area contributed by atoms with Gasteiger partial charge in [-0.3, -0.25) is 4.79 Å². The fraction of sp³-hybridized carbons (Fsp3) is 0.300. The summed E-state index contributed by atoms with van der Waals surface area (Å²) in [6, 6.07) is 5.38. The molecule has 11 heteroatoms. The summed E-state index contributed by atoms with van der Waals surface area (Å²) in [6.45, 7) is 0.357. The number of carbonyl (C=O) groups is 1. The van der Waals surface area contributed by atoms with E-state index in [-0.39, 0.29) is 11.6 Å². The van der Waals surface area contributed by atoms with Crippen molar-refractivity contribution < 1.29 is 22.4 Å². The van der Waals surface area contributed by atoms with E-state index in [2.05, 4.69) is 15.2 Å². The van der Waals surface area contributed by atoms with Crippen molar-refractivity contribution in [1.29, 1.82) is 0 Å². The van der Waals surface area contributed by atoms with Gasteiger partial charge in [-0.2, -0.15) is 13.2 Å². The number of nitrogens with zero attached hydrogens (tertiary/aromatic N) is 5. The molecule has 6 nitrogen and oxygen atoms in total. The third kappa shape index (κ3) is 3.16. The molecule has 2 atom stereocenters. The lowest BCUT2D eigenvalue weighted by Gasteiger charge is -2.35. The molecule has 1 saturated heterocycles. The van der Waals surface area contributed by atoms with Gasteiger partial charge >= 0.3 is 6.18 Å². The second-order valence-corrected chi connectivity index (χ2v) is 7.86. The molecule has 1 amide bonds. The molecule has 0 spiro atoms. The maximum absolute atomic E-state index is 13.2. The van der Waals surface area contributed by atoms with Crippen LogP contribution in [0, 0.1) is 5.82 Å². The van der Waals surface area contributed by atoms with E-state index in [0.29, 0.717) is 36.7 Å². The molecular weight excluding hydrogens is 438 g/mol. The lowest BCUT2D eigenvalue weighted by Crippen LogP contribution is -2.44. The van der Waals surface area contributed by atoms with Crippen molar-refractivity contribution >= 4 is 17.5 Å². The lowest BCUT2D eigenvalue weighted by atomic mass is 10.1. The molecule has 2 aromatic heterocycles. The van der Waals surface area contributed by atoms with E-state index in [0.717, 1.165) is 12.3 Å². The number of alkyl halides is 3. The summed E-state index contributed by atoms with van der Waals surface area (Å²) in [7, 11) is 0. The van der Waals surface area contributed by atoms with Gasteiger partial charge in [-0.1, -0.05) is 17.7 Å². The average Bonchev–Trinajstić information content (AvgIpc) is 3.28. The third-order valence-corrected chi connectivity index (χ3v) is 6.11. The minimum Gasteiger partial charge on any atom is -0.324 e. The number of amides is 1. The number of benzene rings is 1. The molecule has 2 bridgehead atoms. The fourth-order valence-corrected chi connectivity index (χ4v) is 4.64. The number of hydrogen-bond acceptors (Lipinski definition) is 4. The first-order chi connectivity index (χ1) is 14.8. The summed E-state index contributed by atoms with van der Waals surface area (Å²) in [5.74, 6) is -0.0707. The van der Waals surface area contributed by atoms with Gasteiger partial charge in [0.15, 0.2) is 11.6 Å². The second kappa shape index (κ2) is 7.01. The van der Waals surface area contributed by atoms with Crippen molar-refractivity contribution in [3.63, 3.8) is 0 Å². The van der Waals surface area contributed by atoms with Crippen LogP contribution in [0.15, 0.2) is 36.5 Å². The van der Waals surface area contributed by atoms with Gasteiger partial charge in [-0.05, 0) is 37.1 Å². The Morgan fingerprint density at radius 2 is 1.94 bits per heavy atom. The molecule has 2 aliphatic rings. The molecule has 0 saturated carbocycles. The largest absolute Gasteiger partial charge is 0.417 e. The Morgan fingerprint density at radius 1 is 1.13 bits per heavy atom. The summed E-state index contributed by atoms with van der Waals surface area (Å²) >= 11 is 5.98. The van der Waals surface area contributed by atoms with Crippen molar-refractivity contribution in [2.75, 3.05) is 0 Å². The predicted octanol–water partition coefficient (Wildman–Crippen LogP) is 4.51. The molecule has 0 aliphatic carbocycles. The molecule has 4 heterocycles. The molecule has 1 aromatic carbocycles. The first-order valence-electron chi connectivity index (χ1n) is 9.49. The van der Waals surface area contributed by atoms with Crippen LogP contribution in [0.25, 0.3) is 11.5 Å². The molecule has 5 rings (SSSR count). The van der Waals surface area contributed by atoms with Crippen molar-refractivity contribution in [2.24, 2.45) is 0 Å². The Labute approximate surface area is 178 Å². The van der Waals surface area contributed by atoms with Crippen LogP contribution in [-0.2, 0) is 12.7 Å². The Morgan fingerprint density at radius 3 is 2.65 bits per heavy atom. The number of hydrogen-bond donors (Lipinski definition) is 0. The van der Waals surface area contributed by atoms with E-state index in [1.54, 1.807) is 4.90 Å². The van der Waals surface area contributed by atoms with Crippen LogP contribution in [0.2, 0.25) is 5.02 Å². The maximum atomic E-state index is 13.2. The smallest absolute Gasteiger partial charge is 0.324 e. The van der Waals surface area contributed by atoms with Gasteiger partial charge in [0.1, 0.15) is 11.5 Å². The molecule has 160 valence electrons. The number of pyridine rings is 1. The second-order valence-electron chi connectivity index (χ2n) is 7.48. The molecule has 0 unspecified atom stereocenters. The van der Waals surface area contributed by atoms with Crippen LogP contribution in [-0.4, -0.2) is 36.6 Å². The highest BCUT2D eigenvalue weighted by Gasteiger charge is 2.46. The SMILES string of the molecule is O=C(c1cccc(C(F)(F)F)c1Cl)N1[C@@H]2CC[C@@H]1c1nnc(-c3ccc(F)cn3)n1C2. The van der Waals surface area contributed by atoms with Crippen molar-refractivity contribution in [2.45, 2.75) is 37.6 Å². The zero-order valence-electron chi connectivity index (χ0n) is 15.8. The molecular formula is C20H14ClF4N5O. The van der Waals surface area contributed by atoms with Crippen LogP contribution in [0.4, 0.5) is 17.6 Å². The number of rotatable bonds is 2. The van der Waals surface area contributed by atoms with Gasteiger partial charge in [0.05, 0.1) is 34.4 Å². The predicted molar refractivity (Wildman–Crippen MR) is 102 cm³/mol. The Balaban J connectivity index is 1.51. The topological polar surface area (TPSA) is 63.9 Å². The average molecular weight is 452 g/mol. The number of carbonyl (C=O) groups excluding carboxylic acids is 1. The van der Waals surface area contributed by atoms with Crippen LogP contribution in [0.5, 0.6) is 0 Å². The van der Waals surface area contributed by atoms with Crippen molar-refractivity contribution in [1.82, 2.24) is 24.6 Å². The summed E-state index contributed by atoms with van der Waals surface area (Å²) in [5.41, 5.74) is -0.792. The zero-order chi connectivity index (χ0) is 21.9. The van der Waals surface area contributed by atoms with Gasteiger partial charge in [-0.15, -0.1) is 10.2 Å². The summed E-state index contributed by atoms with van der Waals surface area (Å²) in [4.78, 5) is 18.8. The van der Waals surface area contributed by atoms with Crippen LogP contribution >= 0.6 is 11.6 Å². The van der Waals surface area contributed by atoms with E-state index < -0.39 is 34.5 Å². The highest BCUT2D eigenvalue weighted by Crippen LogP contribution is 2.44. The van der Waals surface area contributed by atoms with Gasteiger partial charge in [0, 0.05) is 6.54 Å². The molecule has 2 aliphatic heterocycles. The summed E-state index contributed by atoms with van der Waals surface area (Å²) < 4.78 is 54.7. The molecule has 31 heavy (non-hydrogen) atoms. The molecule has 0 N–H and O–H groups in total. The van der Waals surface area contributed by atoms with E-state index in [1.165, 1.54) is 24.3 Å². The van der Waals surface area contributed by atoms with Gasteiger partial charge in [-0.25, -0.2) is 9.37 Å². The molecule has 1 fully saturated rings. The molecule has 0 radical (unpaired) electrons. The van der Waals surface area contributed by atoms with Crippen LogP contribution in [0.1, 0.15) is 40.6 Å². The van der Waals surface area contributed by atoms with E-state index in [4.69, 9.17) is 11.6 Å². The van der Waals surface area contributed by atoms with E-state index >= 15 is 0 Å². The fourth-order valence-electron chi connectivity index (χ4n) is 4.33. The number of halogens is 5. The first-order valence-corrected chi connectivity index (χ1v) is 9.87. The number of fused-ring (bicyclic) bond motifs is 4. The zero-order valence-corrected chi connectivity index (χ0v) is 16.5. The quantitative estimate of drug-likeness (QED) is 0.538. The Bertz CT molecular complexity index is 1180. The maximum Gasteiger partial charge on any atom is 0.417 e. The minimum absolute atomic E-state index is 0.193. The monoisotopic (exact) mass is 451 g/mol.